The van der Waals surface area contributed by atoms with Crippen molar-refractivity contribution in [2.24, 2.45) is 0 Å². The second kappa shape index (κ2) is 4.44. The van der Waals surface area contributed by atoms with Crippen LogP contribution in [0.25, 0.3) is 0 Å². The van der Waals surface area contributed by atoms with Crippen molar-refractivity contribution in [1.29, 1.82) is 0 Å². The Morgan fingerprint density at radius 2 is 2.41 bits per heavy atom. The molecular formula is C11H14FN3OS. The summed E-state index contributed by atoms with van der Waals surface area (Å²) < 4.78 is 28.1. The Balaban J connectivity index is 2.05. The van der Waals surface area contributed by atoms with Crippen LogP contribution in [0.15, 0.2) is 17.2 Å². The molecule has 2 unspecified atom stereocenters. The van der Waals surface area contributed by atoms with Crippen molar-refractivity contribution in [1.82, 2.24) is 9.71 Å². The fourth-order valence-electron chi connectivity index (χ4n) is 2.51. The molecule has 0 amide bonds. The zero-order chi connectivity index (χ0) is 11.8. The van der Waals surface area contributed by atoms with Crippen LogP contribution < -0.4 is 9.62 Å². The third-order valence-corrected chi connectivity index (χ3v) is 4.48. The van der Waals surface area contributed by atoms with Crippen molar-refractivity contribution in [2.45, 2.75) is 30.2 Å². The first kappa shape index (κ1) is 11.3. The fourth-order valence-corrected chi connectivity index (χ4v) is 3.56. The summed E-state index contributed by atoms with van der Waals surface area (Å²) in [6, 6.07) is 1.65. The summed E-state index contributed by atoms with van der Waals surface area (Å²) in [5, 5.41) is 0. The number of hydrogen-bond acceptors (Lipinski definition) is 4. The molecule has 0 aromatic carbocycles. The lowest BCUT2D eigenvalue weighted by Gasteiger charge is -2.34. The number of pyridine rings is 1. The van der Waals surface area contributed by atoms with Crippen molar-refractivity contribution < 1.29 is 8.94 Å². The normalized spacial score (nSPS) is 28.2. The van der Waals surface area contributed by atoms with Crippen LogP contribution in [0.4, 0.5) is 10.2 Å². The molecule has 0 aliphatic carbocycles. The number of nitrogens with zero attached hydrogens (tertiary/aromatic N) is 2. The van der Waals surface area contributed by atoms with Gasteiger partial charge in [0.15, 0.2) is 5.82 Å². The van der Waals surface area contributed by atoms with Crippen LogP contribution in [0.2, 0.25) is 0 Å². The van der Waals surface area contributed by atoms with E-state index in [1.54, 1.807) is 0 Å². The smallest absolute Gasteiger partial charge is 0.219 e. The highest BCUT2D eigenvalue weighted by Crippen LogP contribution is 2.31. The minimum atomic E-state index is -1.35. The van der Waals surface area contributed by atoms with E-state index in [0.717, 1.165) is 19.4 Å². The van der Waals surface area contributed by atoms with Gasteiger partial charge in [0.1, 0.15) is 5.82 Å². The number of aromatic nitrogens is 1. The predicted octanol–water partition coefficient (Wildman–Crippen LogP) is 1.21. The van der Waals surface area contributed by atoms with Gasteiger partial charge in [0.25, 0.3) is 0 Å². The molecule has 1 N–H and O–H groups in total. The Morgan fingerprint density at radius 3 is 3.29 bits per heavy atom. The Hall–Kier alpha value is -0.850. The lowest BCUT2D eigenvalue weighted by Crippen LogP contribution is -2.44. The quantitative estimate of drug-likeness (QED) is 0.708. The number of piperidine rings is 1. The zero-order valence-electron chi connectivity index (χ0n) is 9.36. The summed E-state index contributed by atoms with van der Waals surface area (Å²) >= 11 is -1.35. The van der Waals surface area contributed by atoms with Gasteiger partial charge in [0.2, 0.25) is 4.90 Å². The van der Waals surface area contributed by atoms with Crippen LogP contribution in [0, 0.1) is 5.82 Å². The molecule has 6 heteroatoms. The molecule has 3 heterocycles. The molecule has 1 fully saturated rings. The van der Waals surface area contributed by atoms with Gasteiger partial charge in [-0.15, -0.1) is 4.72 Å². The van der Waals surface area contributed by atoms with Gasteiger partial charge in [-0.25, -0.2) is 9.37 Å². The van der Waals surface area contributed by atoms with Crippen LogP contribution >= 0.6 is 0 Å². The maximum Gasteiger partial charge on any atom is 0.219 e. The topological polar surface area (TPSA) is 51.2 Å². The Kier molecular flexibility index (Phi) is 2.94. The molecule has 2 atom stereocenters. The van der Waals surface area contributed by atoms with Crippen LogP contribution in [0.5, 0.6) is 0 Å². The summed E-state index contributed by atoms with van der Waals surface area (Å²) in [5.41, 5.74) is 0. The average molecular weight is 255 g/mol. The van der Waals surface area contributed by atoms with Crippen molar-refractivity contribution >= 4 is 17.2 Å². The van der Waals surface area contributed by atoms with Gasteiger partial charge in [-0.05, 0) is 19.3 Å². The molecule has 0 saturated carbocycles. The van der Waals surface area contributed by atoms with E-state index in [4.69, 9.17) is 0 Å². The van der Waals surface area contributed by atoms with E-state index in [1.165, 1.54) is 18.7 Å². The molecule has 1 aromatic rings. The zero-order valence-corrected chi connectivity index (χ0v) is 10.2. The molecule has 0 spiro atoms. The molecule has 4 nitrogen and oxygen atoms in total. The first-order chi connectivity index (χ1) is 8.25. The number of rotatable bonds is 0. The SMILES string of the molecule is [O-][S+]1NCC2CCCCN2c2ncc(F)cc21. The van der Waals surface area contributed by atoms with Crippen LogP contribution in [-0.4, -0.2) is 28.7 Å². The van der Waals surface area contributed by atoms with Gasteiger partial charge in [-0.1, -0.05) is 0 Å². The van der Waals surface area contributed by atoms with E-state index < -0.39 is 17.2 Å². The summed E-state index contributed by atoms with van der Waals surface area (Å²) in [7, 11) is 0. The molecule has 1 saturated heterocycles. The first-order valence-corrected chi connectivity index (χ1v) is 6.98. The minimum absolute atomic E-state index is 0.326. The van der Waals surface area contributed by atoms with Crippen molar-refractivity contribution in [3.05, 3.63) is 18.1 Å². The Morgan fingerprint density at radius 1 is 1.53 bits per heavy atom. The third kappa shape index (κ3) is 2.00. The lowest BCUT2D eigenvalue weighted by molar-refractivity contribution is 0.453. The van der Waals surface area contributed by atoms with E-state index in [2.05, 4.69) is 14.6 Å². The molecule has 0 radical (unpaired) electrons. The maximum atomic E-state index is 13.2. The van der Waals surface area contributed by atoms with Gasteiger partial charge >= 0.3 is 0 Å². The largest absolute Gasteiger partial charge is 0.593 e. The standard InChI is InChI=1S/C11H14FN3OS/c12-8-5-10-11(13-6-8)15-4-2-1-3-9(15)7-14-17(10)16/h5-6,9,14H,1-4,7H2. The number of anilines is 1. The van der Waals surface area contributed by atoms with Gasteiger partial charge < -0.3 is 9.45 Å². The van der Waals surface area contributed by atoms with Gasteiger partial charge in [0.05, 0.1) is 24.1 Å². The molecule has 2 aliphatic heterocycles. The maximum absolute atomic E-state index is 13.2. The van der Waals surface area contributed by atoms with E-state index in [-0.39, 0.29) is 0 Å². The summed E-state index contributed by atoms with van der Waals surface area (Å²) in [5.74, 6) is 0.244. The van der Waals surface area contributed by atoms with Crippen LogP contribution in [-0.2, 0) is 11.4 Å². The van der Waals surface area contributed by atoms with E-state index in [0.29, 0.717) is 23.3 Å². The minimum Gasteiger partial charge on any atom is -0.593 e. The lowest BCUT2D eigenvalue weighted by atomic mass is 10.0. The van der Waals surface area contributed by atoms with Crippen molar-refractivity contribution in [3.63, 3.8) is 0 Å². The number of hydrogen-bond donors (Lipinski definition) is 1. The van der Waals surface area contributed by atoms with Gasteiger partial charge in [-0.2, -0.15) is 0 Å². The number of fused-ring (bicyclic) bond motifs is 3. The predicted molar refractivity (Wildman–Crippen MR) is 63.6 cm³/mol. The van der Waals surface area contributed by atoms with E-state index >= 15 is 0 Å². The number of halogens is 1. The third-order valence-electron chi connectivity index (χ3n) is 3.35. The molecular weight excluding hydrogens is 241 g/mol. The second-order valence-electron chi connectivity index (χ2n) is 4.44. The first-order valence-electron chi connectivity index (χ1n) is 5.83. The van der Waals surface area contributed by atoms with E-state index in [9.17, 15) is 8.94 Å². The highest BCUT2D eigenvalue weighted by atomic mass is 32.2. The summed E-state index contributed by atoms with van der Waals surface area (Å²) in [6.07, 6.45) is 4.57. The molecule has 17 heavy (non-hydrogen) atoms. The van der Waals surface area contributed by atoms with E-state index in [1.807, 2.05) is 0 Å². The Bertz CT molecular complexity index is 431. The molecule has 0 bridgehead atoms. The van der Waals surface area contributed by atoms with Crippen LogP contribution in [0.3, 0.4) is 0 Å². The van der Waals surface area contributed by atoms with Crippen molar-refractivity contribution in [3.8, 4) is 0 Å². The molecule has 3 rings (SSSR count). The Labute approximate surface area is 103 Å². The highest BCUT2D eigenvalue weighted by molar-refractivity contribution is 7.89. The van der Waals surface area contributed by atoms with Gasteiger partial charge in [-0.3, -0.25) is 0 Å². The van der Waals surface area contributed by atoms with Crippen LogP contribution in [0.1, 0.15) is 19.3 Å². The average Bonchev–Trinajstić information content (AvgIpc) is 2.48. The van der Waals surface area contributed by atoms with Gasteiger partial charge in [0, 0.05) is 18.7 Å². The summed E-state index contributed by atoms with van der Waals surface area (Å²) in [4.78, 5) is 6.76. The highest BCUT2D eigenvalue weighted by Gasteiger charge is 2.34. The molecule has 92 valence electrons. The second-order valence-corrected chi connectivity index (χ2v) is 5.70. The fraction of sp³-hybridized carbons (Fsp3) is 0.545. The monoisotopic (exact) mass is 255 g/mol. The van der Waals surface area contributed by atoms with Crippen molar-refractivity contribution in [2.75, 3.05) is 18.0 Å². The molecule has 2 aliphatic rings. The summed E-state index contributed by atoms with van der Waals surface area (Å²) in [6.45, 7) is 1.58. The number of nitrogens with one attached hydrogen (secondary N) is 1. The molecule has 1 aromatic heterocycles.